The van der Waals surface area contributed by atoms with Crippen LogP contribution in [0.15, 0.2) is 0 Å². The monoisotopic (exact) mass is 198 g/mol. The highest BCUT2D eigenvalue weighted by atomic mass is 32.1. The molecule has 13 heavy (non-hydrogen) atoms. The number of rotatable bonds is 4. The van der Waals surface area contributed by atoms with E-state index in [1.54, 1.807) is 0 Å². The van der Waals surface area contributed by atoms with Crippen LogP contribution in [0.2, 0.25) is 0 Å². The van der Waals surface area contributed by atoms with Crippen molar-refractivity contribution in [1.82, 2.24) is 4.98 Å². The van der Waals surface area contributed by atoms with Gasteiger partial charge in [0.2, 0.25) is 0 Å². The molecule has 1 rings (SSSR count). The van der Waals surface area contributed by atoms with E-state index in [1.807, 2.05) is 11.3 Å². The van der Waals surface area contributed by atoms with Crippen molar-refractivity contribution in [1.29, 1.82) is 0 Å². The Bertz CT molecular complexity index is 266. The minimum absolute atomic E-state index is 0.596. The Morgan fingerprint density at radius 2 is 2.15 bits per heavy atom. The predicted octanol–water partition coefficient (Wildman–Crippen LogP) is 2.33. The van der Waals surface area contributed by atoms with Gasteiger partial charge in [-0.05, 0) is 18.9 Å². The summed E-state index contributed by atoms with van der Waals surface area (Å²) in [5.41, 5.74) is 6.77. The largest absolute Gasteiger partial charge is 0.330 e. The van der Waals surface area contributed by atoms with Gasteiger partial charge in [0.25, 0.3) is 0 Å². The van der Waals surface area contributed by atoms with Gasteiger partial charge >= 0.3 is 0 Å². The lowest BCUT2D eigenvalue weighted by Gasteiger charge is -2.01. The average molecular weight is 198 g/mol. The van der Waals surface area contributed by atoms with Gasteiger partial charge in [0.15, 0.2) is 0 Å². The molecule has 1 aromatic rings. The van der Waals surface area contributed by atoms with Crippen LogP contribution >= 0.6 is 11.3 Å². The molecule has 0 aromatic carbocycles. The second kappa shape index (κ2) is 4.72. The molecule has 3 heteroatoms. The summed E-state index contributed by atoms with van der Waals surface area (Å²) in [6.07, 6.45) is 1.96. The molecule has 0 aliphatic heterocycles. The van der Waals surface area contributed by atoms with Crippen molar-refractivity contribution in [3.63, 3.8) is 0 Å². The Morgan fingerprint density at radius 3 is 2.54 bits per heavy atom. The first kappa shape index (κ1) is 10.7. The molecule has 0 radical (unpaired) electrons. The van der Waals surface area contributed by atoms with Crippen LogP contribution in [0.1, 0.15) is 42.3 Å². The number of thiazole rings is 1. The fraction of sp³-hybridized carbons (Fsp3) is 0.700. The van der Waals surface area contributed by atoms with Crippen molar-refractivity contribution in [3.8, 4) is 0 Å². The summed E-state index contributed by atoms with van der Waals surface area (Å²) < 4.78 is 0. The maximum atomic E-state index is 5.50. The minimum atomic E-state index is 0.596. The molecule has 0 aliphatic carbocycles. The molecule has 2 nitrogen and oxygen atoms in total. The molecule has 0 amide bonds. The number of hydrogen-bond acceptors (Lipinski definition) is 3. The zero-order chi connectivity index (χ0) is 9.84. The van der Waals surface area contributed by atoms with Gasteiger partial charge in [-0.2, -0.15) is 0 Å². The van der Waals surface area contributed by atoms with Crippen molar-refractivity contribution in [2.75, 3.05) is 6.54 Å². The number of aromatic nitrogens is 1. The maximum absolute atomic E-state index is 5.50. The molecule has 0 saturated carbocycles. The number of aryl methyl sites for hydroxylation is 1. The maximum Gasteiger partial charge on any atom is 0.0943 e. The second-order valence-electron chi connectivity index (χ2n) is 3.47. The van der Waals surface area contributed by atoms with E-state index in [0.29, 0.717) is 12.5 Å². The van der Waals surface area contributed by atoms with Crippen molar-refractivity contribution in [2.24, 2.45) is 5.73 Å². The van der Waals surface area contributed by atoms with E-state index in [4.69, 9.17) is 5.73 Å². The highest BCUT2D eigenvalue weighted by Crippen LogP contribution is 2.27. The van der Waals surface area contributed by atoms with E-state index in [-0.39, 0.29) is 0 Å². The van der Waals surface area contributed by atoms with Crippen molar-refractivity contribution >= 4 is 11.3 Å². The third kappa shape index (κ3) is 2.51. The standard InChI is InChI=1S/C10H18N2S/c1-4-8-10(7(2)3)13-9(12-8)5-6-11/h7H,4-6,11H2,1-3H3. The van der Waals surface area contributed by atoms with Gasteiger partial charge in [-0.1, -0.05) is 20.8 Å². The fourth-order valence-corrected chi connectivity index (χ4v) is 2.52. The van der Waals surface area contributed by atoms with Crippen LogP contribution in [0.3, 0.4) is 0 Å². The van der Waals surface area contributed by atoms with Crippen LogP contribution in [0.5, 0.6) is 0 Å². The van der Waals surface area contributed by atoms with Crippen LogP contribution in [0.4, 0.5) is 0 Å². The van der Waals surface area contributed by atoms with E-state index < -0.39 is 0 Å². The third-order valence-electron chi connectivity index (χ3n) is 1.99. The minimum Gasteiger partial charge on any atom is -0.330 e. The summed E-state index contributed by atoms with van der Waals surface area (Å²) >= 11 is 1.83. The molecular formula is C10H18N2S. The van der Waals surface area contributed by atoms with Crippen LogP contribution in [-0.2, 0) is 12.8 Å². The van der Waals surface area contributed by atoms with Gasteiger partial charge in [-0.3, -0.25) is 0 Å². The SMILES string of the molecule is CCc1nc(CCN)sc1C(C)C. The molecule has 0 spiro atoms. The van der Waals surface area contributed by atoms with E-state index in [9.17, 15) is 0 Å². The van der Waals surface area contributed by atoms with E-state index in [1.165, 1.54) is 15.6 Å². The normalized spacial score (nSPS) is 11.2. The molecule has 74 valence electrons. The summed E-state index contributed by atoms with van der Waals surface area (Å²) in [7, 11) is 0. The average Bonchev–Trinajstić information content (AvgIpc) is 2.48. The Kier molecular flexibility index (Phi) is 3.88. The molecule has 1 heterocycles. The topological polar surface area (TPSA) is 38.9 Å². The summed E-state index contributed by atoms with van der Waals surface area (Å²) in [5.74, 6) is 0.596. The lowest BCUT2D eigenvalue weighted by Crippen LogP contribution is -2.02. The van der Waals surface area contributed by atoms with Crippen LogP contribution in [0, 0.1) is 0 Å². The Labute approximate surface area is 84.2 Å². The molecule has 0 saturated heterocycles. The number of nitrogens with zero attached hydrogens (tertiary/aromatic N) is 1. The van der Waals surface area contributed by atoms with Gasteiger partial charge in [0.1, 0.15) is 0 Å². The highest BCUT2D eigenvalue weighted by molar-refractivity contribution is 7.11. The summed E-state index contributed by atoms with van der Waals surface area (Å²) in [4.78, 5) is 6.01. The molecule has 1 aromatic heterocycles. The highest BCUT2D eigenvalue weighted by Gasteiger charge is 2.11. The van der Waals surface area contributed by atoms with Crippen LogP contribution < -0.4 is 5.73 Å². The first-order valence-electron chi connectivity index (χ1n) is 4.87. The molecule has 0 bridgehead atoms. The van der Waals surface area contributed by atoms with Crippen LogP contribution in [-0.4, -0.2) is 11.5 Å². The first-order chi connectivity index (χ1) is 6.19. The molecule has 2 N–H and O–H groups in total. The summed E-state index contributed by atoms with van der Waals surface area (Å²) in [6.45, 7) is 7.30. The lowest BCUT2D eigenvalue weighted by molar-refractivity contribution is 0.850. The molecule has 0 aliphatic rings. The molecule has 0 fully saturated rings. The van der Waals surface area contributed by atoms with Crippen molar-refractivity contribution in [2.45, 2.75) is 39.5 Å². The van der Waals surface area contributed by atoms with E-state index in [2.05, 4.69) is 25.8 Å². The lowest BCUT2D eigenvalue weighted by atomic mass is 10.1. The molecule has 0 atom stereocenters. The Morgan fingerprint density at radius 1 is 1.46 bits per heavy atom. The Hall–Kier alpha value is -0.410. The van der Waals surface area contributed by atoms with Gasteiger partial charge in [-0.15, -0.1) is 11.3 Å². The number of hydrogen-bond donors (Lipinski definition) is 1. The summed E-state index contributed by atoms with van der Waals surface area (Å²) in [5, 5.41) is 1.20. The zero-order valence-electron chi connectivity index (χ0n) is 8.63. The van der Waals surface area contributed by atoms with Gasteiger partial charge in [0, 0.05) is 11.3 Å². The molecular weight excluding hydrogens is 180 g/mol. The first-order valence-corrected chi connectivity index (χ1v) is 5.69. The second-order valence-corrected chi connectivity index (χ2v) is 4.58. The van der Waals surface area contributed by atoms with Gasteiger partial charge in [0.05, 0.1) is 10.7 Å². The van der Waals surface area contributed by atoms with Gasteiger partial charge < -0.3 is 5.73 Å². The third-order valence-corrected chi connectivity index (χ3v) is 3.45. The Balaban J connectivity index is 2.90. The molecule has 0 unspecified atom stereocenters. The van der Waals surface area contributed by atoms with E-state index >= 15 is 0 Å². The van der Waals surface area contributed by atoms with E-state index in [0.717, 1.165) is 12.8 Å². The predicted molar refractivity (Wildman–Crippen MR) is 58.3 cm³/mol. The fourth-order valence-electron chi connectivity index (χ4n) is 1.35. The van der Waals surface area contributed by atoms with Crippen LogP contribution in [0.25, 0.3) is 0 Å². The van der Waals surface area contributed by atoms with Crippen molar-refractivity contribution in [3.05, 3.63) is 15.6 Å². The summed E-state index contributed by atoms with van der Waals surface area (Å²) in [6, 6.07) is 0. The smallest absolute Gasteiger partial charge is 0.0943 e. The van der Waals surface area contributed by atoms with Gasteiger partial charge in [-0.25, -0.2) is 4.98 Å². The van der Waals surface area contributed by atoms with Crippen molar-refractivity contribution < 1.29 is 0 Å². The zero-order valence-corrected chi connectivity index (χ0v) is 9.45. The quantitative estimate of drug-likeness (QED) is 0.806. The number of nitrogens with two attached hydrogens (primary N) is 1.